The van der Waals surface area contributed by atoms with Gasteiger partial charge in [-0.05, 0) is 77.0 Å². The van der Waals surface area contributed by atoms with Gasteiger partial charge in [-0.25, -0.2) is 4.57 Å². The van der Waals surface area contributed by atoms with Crippen LogP contribution in [0.3, 0.4) is 0 Å². The number of hydrogen-bond donors (Lipinski definition) is 2. The van der Waals surface area contributed by atoms with Crippen LogP contribution >= 0.6 is 7.82 Å². The topological polar surface area (TPSA) is 117 Å². The van der Waals surface area contributed by atoms with Gasteiger partial charge in [0.15, 0.2) is 0 Å². The lowest BCUT2D eigenvalue weighted by molar-refractivity contribution is -0.154. The smallest absolute Gasteiger partial charge is 0.457 e. The van der Waals surface area contributed by atoms with Gasteiger partial charge in [-0.3, -0.25) is 13.8 Å². The van der Waals surface area contributed by atoms with E-state index < -0.39 is 13.9 Å². The first-order valence-electron chi connectivity index (χ1n) is 25.8. The lowest BCUT2D eigenvalue weighted by atomic mass is 10.0. The summed E-state index contributed by atoms with van der Waals surface area (Å²) >= 11 is 0. The van der Waals surface area contributed by atoms with Crippen molar-refractivity contribution >= 4 is 13.8 Å². The Hall–Kier alpha value is -1.80. The van der Waals surface area contributed by atoms with Crippen LogP contribution in [-0.2, 0) is 27.9 Å². The minimum atomic E-state index is -4.29. The summed E-state index contributed by atoms with van der Waals surface area (Å²) in [5, 5.41) is 0. The van der Waals surface area contributed by atoms with Crippen molar-refractivity contribution in [3.8, 4) is 0 Å². The van der Waals surface area contributed by atoms with Crippen LogP contribution < -0.4 is 5.73 Å². The normalized spacial score (nSPS) is 13.8. The van der Waals surface area contributed by atoms with E-state index in [9.17, 15) is 14.3 Å². The Bertz CT molecular complexity index is 1140. The number of rotatable bonds is 49. The summed E-state index contributed by atoms with van der Waals surface area (Å²) in [6, 6.07) is 0. The molecule has 0 heterocycles. The molecule has 0 aliphatic rings. The standard InChI is InChI=1S/C53H98NO7P/c1-3-5-7-9-11-13-15-17-19-21-23-24-25-26-27-29-31-33-35-37-39-41-43-45-48-58-50-52(51-60-62(56,57)59-49-47-54)61-53(55)46-44-42-40-38-36-34-32-30-28-22-20-18-16-14-12-10-8-6-4-2/h6,8,12,14,18,20-21,23,28,30,52H,3-5,7,9-11,13,15-17,19,22,24-27,29,31-51,54H2,1-2H3,(H,56,57)/b8-6-,14-12-,20-18-,23-21-,30-28-. The summed E-state index contributed by atoms with van der Waals surface area (Å²) in [7, 11) is -4.29. The summed E-state index contributed by atoms with van der Waals surface area (Å²) < 4.78 is 33.6. The van der Waals surface area contributed by atoms with E-state index in [1.54, 1.807) is 0 Å². The van der Waals surface area contributed by atoms with Gasteiger partial charge in [0, 0.05) is 19.6 Å². The molecule has 362 valence electrons. The number of carbonyl (C=O) groups is 1. The highest BCUT2D eigenvalue weighted by Gasteiger charge is 2.25. The van der Waals surface area contributed by atoms with E-state index in [2.05, 4.69) is 74.6 Å². The van der Waals surface area contributed by atoms with E-state index in [0.29, 0.717) is 13.0 Å². The van der Waals surface area contributed by atoms with Crippen LogP contribution in [-0.4, -0.2) is 49.9 Å². The number of nitrogens with two attached hydrogens (primary N) is 1. The number of unbranched alkanes of at least 4 members (excludes halogenated alkanes) is 26. The molecule has 0 saturated heterocycles. The Morgan fingerprint density at radius 2 is 0.903 bits per heavy atom. The van der Waals surface area contributed by atoms with Crippen LogP contribution in [0.4, 0.5) is 0 Å². The minimum absolute atomic E-state index is 0.0959. The molecule has 9 heteroatoms. The maximum Gasteiger partial charge on any atom is 0.472 e. The Balaban J connectivity index is 3.94. The molecule has 8 nitrogen and oxygen atoms in total. The van der Waals surface area contributed by atoms with Gasteiger partial charge in [-0.15, -0.1) is 0 Å². The van der Waals surface area contributed by atoms with Gasteiger partial charge >= 0.3 is 13.8 Å². The molecule has 0 rings (SSSR count). The number of carbonyl (C=O) groups excluding carboxylic acids is 1. The van der Waals surface area contributed by atoms with Gasteiger partial charge in [0.2, 0.25) is 0 Å². The maximum atomic E-state index is 12.6. The number of phosphoric ester groups is 1. The molecule has 0 saturated carbocycles. The van der Waals surface area contributed by atoms with Crippen molar-refractivity contribution in [1.82, 2.24) is 0 Å². The third kappa shape index (κ3) is 49.2. The summed E-state index contributed by atoms with van der Waals surface area (Å²) in [5.41, 5.74) is 5.39. The zero-order valence-corrected chi connectivity index (χ0v) is 41.2. The molecule has 0 aliphatic carbocycles. The third-order valence-electron chi connectivity index (χ3n) is 10.9. The zero-order valence-electron chi connectivity index (χ0n) is 40.3. The summed E-state index contributed by atoms with van der Waals surface area (Å²) in [6.45, 7) is 4.81. The van der Waals surface area contributed by atoms with Gasteiger partial charge in [0.25, 0.3) is 0 Å². The lowest BCUT2D eigenvalue weighted by Gasteiger charge is -2.20. The molecule has 0 aromatic heterocycles. The van der Waals surface area contributed by atoms with Crippen molar-refractivity contribution in [1.29, 1.82) is 0 Å². The number of phosphoric acid groups is 1. The first kappa shape index (κ1) is 60.2. The second-order valence-corrected chi connectivity index (χ2v) is 18.5. The first-order chi connectivity index (χ1) is 30.4. The van der Waals surface area contributed by atoms with Crippen LogP contribution in [0.15, 0.2) is 60.8 Å². The van der Waals surface area contributed by atoms with Gasteiger partial charge in [-0.1, -0.05) is 209 Å². The van der Waals surface area contributed by atoms with Gasteiger partial charge < -0.3 is 20.1 Å². The Morgan fingerprint density at radius 1 is 0.500 bits per heavy atom. The Kier molecular flexibility index (Phi) is 48.7. The molecule has 0 aliphatic heterocycles. The average Bonchev–Trinajstić information content (AvgIpc) is 3.26. The van der Waals surface area contributed by atoms with E-state index in [1.165, 1.54) is 141 Å². The fourth-order valence-electron chi connectivity index (χ4n) is 7.16. The fourth-order valence-corrected chi connectivity index (χ4v) is 7.93. The van der Waals surface area contributed by atoms with E-state index in [-0.39, 0.29) is 32.3 Å². The molecule has 62 heavy (non-hydrogen) atoms. The molecule has 2 atom stereocenters. The predicted octanol–water partition coefficient (Wildman–Crippen LogP) is 16.1. The maximum absolute atomic E-state index is 12.6. The highest BCUT2D eigenvalue weighted by atomic mass is 31.2. The van der Waals surface area contributed by atoms with Crippen LogP contribution in [0.5, 0.6) is 0 Å². The molecule has 0 aromatic carbocycles. The zero-order chi connectivity index (χ0) is 45.1. The second-order valence-electron chi connectivity index (χ2n) is 17.0. The van der Waals surface area contributed by atoms with Crippen molar-refractivity contribution in [2.75, 3.05) is 33.0 Å². The number of ether oxygens (including phenoxy) is 2. The van der Waals surface area contributed by atoms with Gasteiger partial charge in [0.1, 0.15) is 6.10 Å². The molecule has 0 fully saturated rings. The SMILES string of the molecule is CC/C=C\C/C=C\C/C=C\C/C=C\CCCCCCCCC(=O)OC(COCCCCCCCCCCCCCC/C=C\CCCCCCCCCC)COP(=O)(O)OCCN. The van der Waals surface area contributed by atoms with E-state index in [0.717, 1.165) is 70.6 Å². The number of allylic oxidation sites excluding steroid dienone is 10. The quantitative estimate of drug-likeness (QED) is 0.0268. The summed E-state index contributed by atoms with van der Waals surface area (Å²) in [5.74, 6) is -0.343. The van der Waals surface area contributed by atoms with Crippen molar-refractivity contribution in [3.05, 3.63) is 60.8 Å². The molecule has 0 spiro atoms. The average molecular weight is 892 g/mol. The second kappa shape index (κ2) is 50.2. The van der Waals surface area contributed by atoms with Gasteiger partial charge in [-0.2, -0.15) is 0 Å². The minimum Gasteiger partial charge on any atom is -0.457 e. The van der Waals surface area contributed by atoms with Crippen LogP contribution in [0.1, 0.15) is 232 Å². The third-order valence-corrected chi connectivity index (χ3v) is 11.9. The lowest BCUT2D eigenvalue weighted by Crippen LogP contribution is -2.28. The molecular weight excluding hydrogens is 794 g/mol. The largest absolute Gasteiger partial charge is 0.472 e. The fraction of sp³-hybridized carbons (Fsp3) is 0.792. The summed E-state index contributed by atoms with van der Waals surface area (Å²) in [4.78, 5) is 22.6. The molecule has 2 unspecified atom stereocenters. The highest BCUT2D eigenvalue weighted by molar-refractivity contribution is 7.47. The Labute approximate surface area is 383 Å². The van der Waals surface area contributed by atoms with E-state index >= 15 is 0 Å². The van der Waals surface area contributed by atoms with Crippen LogP contribution in [0.2, 0.25) is 0 Å². The molecule has 0 amide bonds. The molecular formula is C53H98NO7P. The highest BCUT2D eigenvalue weighted by Crippen LogP contribution is 2.43. The van der Waals surface area contributed by atoms with E-state index in [4.69, 9.17) is 24.3 Å². The number of hydrogen-bond acceptors (Lipinski definition) is 7. The monoisotopic (exact) mass is 892 g/mol. The van der Waals surface area contributed by atoms with Crippen LogP contribution in [0.25, 0.3) is 0 Å². The van der Waals surface area contributed by atoms with Crippen LogP contribution in [0, 0.1) is 0 Å². The molecule has 0 radical (unpaired) electrons. The molecule has 0 aromatic rings. The first-order valence-corrected chi connectivity index (χ1v) is 27.3. The summed E-state index contributed by atoms with van der Waals surface area (Å²) in [6.07, 6.45) is 62.6. The van der Waals surface area contributed by atoms with E-state index in [1.807, 2.05) is 0 Å². The predicted molar refractivity (Wildman–Crippen MR) is 266 cm³/mol. The number of esters is 1. The van der Waals surface area contributed by atoms with Crippen molar-refractivity contribution in [2.24, 2.45) is 5.73 Å². The Morgan fingerprint density at radius 3 is 1.37 bits per heavy atom. The molecule has 3 N–H and O–H groups in total. The van der Waals surface area contributed by atoms with Gasteiger partial charge in [0.05, 0.1) is 19.8 Å². The molecule has 0 bridgehead atoms. The van der Waals surface area contributed by atoms with Crippen molar-refractivity contribution in [3.63, 3.8) is 0 Å². The van der Waals surface area contributed by atoms with Crippen molar-refractivity contribution in [2.45, 2.75) is 238 Å². The van der Waals surface area contributed by atoms with Crippen molar-refractivity contribution < 1.29 is 32.8 Å².